The Morgan fingerprint density at radius 3 is 2.85 bits per heavy atom. The minimum absolute atomic E-state index is 0.818. The molecule has 0 fully saturated rings. The van der Waals surface area contributed by atoms with Gasteiger partial charge in [0, 0.05) is 34.9 Å². The van der Waals surface area contributed by atoms with Crippen molar-refractivity contribution in [3.8, 4) is 0 Å². The fraction of sp³-hybridized carbons (Fsp3) is 0.118. The Labute approximate surface area is 123 Å². The summed E-state index contributed by atoms with van der Waals surface area (Å²) in [5, 5.41) is 5.98. The predicted molar refractivity (Wildman–Crippen MR) is 87.3 cm³/mol. The van der Waals surface area contributed by atoms with Crippen LogP contribution in [-0.4, -0.2) is 11.2 Å². The maximum atomic E-state index is 4.18. The standard InChI is InChI=1S/C17H16N2S/c1-20-17-8-3-2-7-16(17)19-12-14-6-4-5-13-11-18-10-9-15(13)14/h2-11,19H,12H2,1H3. The Morgan fingerprint density at radius 2 is 1.95 bits per heavy atom. The lowest BCUT2D eigenvalue weighted by atomic mass is 10.1. The molecule has 0 radical (unpaired) electrons. The van der Waals surface area contributed by atoms with Gasteiger partial charge in [-0.2, -0.15) is 0 Å². The zero-order valence-corrected chi connectivity index (χ0v) is 12.2. The first-order chi connectivity index (χ1) is 9.88. The molecule has 2 aromatic carbocycles. The number of rotatable bonds is 4. The number of thioether (sulfide) groups is 1. The molecule has 0 saturated heterocycles. The number of nitrogens with zero attached hydrogens (tertiary/aromatic N) is 1. The maximum Gasteiger partial charge on any atom is 0.0480 e. The fourth-order valence-electron chi connectivity index (χ4n) is 2.32. The zero-order valence-electron chi connectivity index (χ0n) is 11.3. The summed E-state index contributed by atoms with van der Waals surface area (Å²) in [6, 6.07) is 16.8. The third kappa shape index (κ3) is 2.63. The Bertz CT molecular complexity index is 720. The van der Waals surface area contributed by atoms with Gasteiger partial charge in [-0.05, 0) is 35.4 Å². The molecule has 1 N–H and O–H groups in total. The molecule has 0 aliphatic carbocycles. The molecule has 0 bridgehead atoms. The van der Waals surface area contributed by atoms with Crippen molar-refractivity contribution in [2.24, 2.45) is 0 Å². The molecule has 2 nitrogen and oxygen atoms in total. The molecule has 0 spiro atoms. The zero-order chi connectivity index (χ0) is 13.8. The summed E-state index contributed by atoms with van der Waals surface area (Å²) < 4.78 is 0. The molecule has 100 valence electrons. The summed E-state index contributed by atoms with van der Waals surface area (Å²) in [6.45, 7) is 0.818. The normalized spacial score (nSPS) is 10.7. The Hall–Kier alpha value is -2.00. The molecule has 0 aliphatic rings. The van der Waals surface area contributed by atoms with Crippen molar-refractivity contribution in [2.75, 3.05) is 11.6 Å². The molecule has 1 heterocycles. The quantitative estimate of drug-likeness (QED) is 0.709. The van der Waals surface area contributed by atoms with Crippen LogP contribution in [-0.2, 0) is 6.54 Å². The lowest BCUT2D eigenvalue weighted by Crippen LogP contribution is -2.01. The van der Waals surface area contributed by atoms with Crippen LogP contribution in [0.3, 0.4) is 0 Å². The van der Waals surface area contributed by atoms with Gasteiger partial charge in [-0.25, -0.2) is 0 Å². The van der Waals surface area contributed by atoms with Crippen molar-refractivity contribution in [1.82, 2.24) is 4.98 Å². The summed E-state index contributed by atoms with van der Waals surface area (Å²) in [4.78, 5) is 5.45. The maximum absolute atomic E-state index is 4.18. The number of fused-ring (bicyclic) bond motifs is 1. The molecule has 0 amide bonds. The number of nitrogens with one attached hydrogen (secondary N) is 1. The van der Waals surface area contributed by atoms with Crippen molar-refractivity contribution in [3.63, 3.8) is 0 Å². The molecule has 1 aromatic heterocycles. The van der Waals surface area contributed by atoms with E-state index in [1.807, 2.05) is 12.4 Å². The van der Waals surface area contributed by atoms with Crippen molar-refractivity contribution >= 4 is 28.2 Å². The summed E-state index contributed by atoms with van der Waals surface area (Å²) in [7, 11) is 0. The van der Waals surface area contributed by atoms with Crippen molar-refractivity contribution in [3.05, 3.63) is 66.5 Å². The number of aromatic nitrogens is 1. The summed E-state index contributed by atoms with van der Waals surface area (Å²) >= 11 is 1.76. The van der Waals surface area contributed by atoms with Gasteiger partial charge in [0.25, 0.3) is 0 Å². The van der Waals surface area contributed by atoms with Gasteiger partial charge in [0.1, 0.15) is 0 Å². The highest BCUT2D eigenvalue weighted by Crippen LogP contribution is 2.26. The number of benzene rings is 2. The monoisotopic (exact) mass is 280 g/mol. The SMILES string of the molecule is CSc1ccccc1NCc1cccc2cnccc12. The summed E-state index contributed by atoms with van der Waals surface area (Å²) in [6.07, 6.45) is 5.86. The van der Waals surface area contributed by atoms with Crippen molar-refractivity contribution in [1.29, 1.82) is 0 Å². The minimum Gasteiger partial charge on any atom is -0.380 e. The Morgan fingerprint density at radius 1 is 1.05 bits per heavy atom. The molecule has 3 aromatic rings. The van der Waals surface area contributed by atoms with Gasteiger partial charge in [0.05, 0.1) is 0 Å². The first-order valence-electron chi connectivity index (χ1n) is 6.57. The van der Waals surface area contributed by atoms with E-state index >= 15 is 0 Å². The van der Waals surface area contributed by atoms with Gasteiger partial charge in [0.15, 0.2) is 0 Å². The number of hydrogen-bond acceptors (Lipinski definition) is 3. The highest BCUT2D eigenvalue weighted by atomic mass is 32.2. The van der Waals surface area contributed by atoms with E-state index in [2.05, 4.69) is 65.1 Å². The second-order valence-electron chi connectivity index (χ2n) is 4.57. The van der Waals surface area contributed by atoms with E-state index in [4.69, 9.17) is 0 Å². The topological polar surface area (TPSA) is 24.9 Å². The summed E-state index contributed by atoms with van der Waals surface area (Å²) in [5.41, 5.74) is 2.48. The second kappa shape index (κ2) is 5.97. The second-order valence-corrected chi connectivity index (χ2v) is 5.42. The van der Waals surface area contributed by atoms with Crippen molar-refractivity contribution in [2.45, 2.75) is 11.4 Å². The minimum atomic E-state index is 0.818. The van der Waals surface area contributed by atoms with Crippen LogP contribution >= 0.6 is 11.8 Å². The Balaban J connectivity index is 1.87. The number of pyridine rings is 1. The van der Waals surface area contributed by atoms with Crippen LogP contribution in [0.25, 0.3) is 10.8 Å². The molecular weight excluding hydrogens is 264 g/mol. The third-order valence-corrected chi connectivity index (χ3v) is 4.14. The first-order valence-corrected chi connectivity index (χ1v) is 7.79. The van der Waals surface area contributed by atoms with Crippen LogP contribution in [0.5, 0.6) is 0 Å². The van der Waals surface area contributed by atoms with Gasteiger partial charge in [0.2, 0.25) is 0 Å². The highest BCUT2D eigenvalue weighted by Gasteiger charge is 2.03. The number of anilines is 1. The number of para-hydroxylation sites is 1. The van der Waals surface area contributed by atoms with Crippen LogP contribution in [0.4, 0.5) is 5.69 Å². The van der Waals surface area contributed by atoms with Gasteiger partial charge in [-0.15, -0.1) is 11.8 Å². The largest absolute Gasteiger partial charge is 0.380 e. The molecule has 0 unspecified atom stereocenters. The predicted octanol–water partition coefficient (Wildman–Crippen LogP) is 4.57. The number of hydrogen-bond donors (Lipinski definition) is 1. The van der Waals surface area contributed by atoms with Crippen molar-refractivity contribution < 1.29 is 0 Å². The van der Waals surface area contributed by atoms with Gasteiger partial charge < -0.3 is 5.32 Å². The molecular formula is C17H16N2S. The highest BCUT2D eigenvalue weighted by molar-refractivity contribution is 7.98. The fourth-order valence-corrected chi connectivity index (χ4v) is 2.90. The van der Waals surface area contributed by atoms with Crippen LogP contribution in [0.1, 0.15) is 5.56 Å². The lowest BCUT2D eigenvalue weighted by molar-refractivity contribution is 1.15. The van der Waals surface area contributed by atoms with Crippen LogP contribution in [0.2, 0.25) is 0 Å². The van der Waals surface area contributed by atoms with E-state index in [1.165, 1.54) is 26.9 Å². The molecule has 3 heteroatoms. The van der Waals surface area contributed by atoms with Gasteiger partial charge in [-0.1, -0.05) is 30.3 Å². The van der Waals surface area contributed by atoms with Crippen LogP contribution < -0.4 is 5.32 Å². The average Bonchev–Trinajstić information content (AvgIpc) is 2.53. The lowest BCUT2D eigenvalue weighted by Gasteiger charge is -2.12. The first kappa shape index (κ1) is 13.0. The van der Waals surface area contributed by atoms with E-state index < -0.39 is 0 Å². The molecule has 3 rings (SSSR count). The molecule has 0 aliphatic heterocycles. The van der Waals surface area contributed by atoms with E-state index in [0.29, 0.717) is 0 Å². The third-order valence-electron chi connectivity index (χ3n) is 3.35. The van der Waals surface area contributed by atoms with E-state index in [9.17, 15) is 0 Å². The van der Waals surface area contributed by atoms with Crippen LogP contribution in [0.15, 0.2) is 65.8 Å². The van der Waals surface area contributed by atoms with Crippen LogP contribution in [0, 0.1) is 0 Å². The molecule has 0 atom stereocenters. The smallest absolute Gasteiger partial charge is 0.0480 e. The van der Waals surface area contributed by atoms with Gasteiger partial charge in [-0.3, -0.25) is 4.98 Å². The Kier molecular flexibility index (Phi) is 3.88. The van der Waals surface area contributed by atoms with E-state index in [0.717, 1.165) is 6.54 Å². The van der Waals surface area contributed by atoms with E-state index in [1.54, 1.807) is 11.8 Å². The molecule has 20 heavy (non-hydrogen) atoms. The average molecular weight is 280 g/mol. The van der Waals surface area contributed by atoms with Gasteiger partial charge >= 0.3 is 0 Å². The summed E-state index contributed by atoms with van der Waals surface area (Å²) in [5.74, 6) is 0. The van der Waals surface area contributed by atoms with E-state index in [-0.39, 0.29) is 0 Å². The molecule has 0 saturated carbocycles.